The number of benzene rings is 1. The number of aromatic nitrogens is 1. The van der Waals surface area contributed by atoms with Crippen LogP contribution < -0.4 is 10.2 Å². The summed E-state index contributed by atoms with van der Waals surface area (Å²) in [5.41, 5.74) is 3.28. The molecule has 106 valence electrons. The van der Waals surface area contributed by atoms with E-state index in [2.05, 4.69) is 32.9 Å². The number of carbonyl (C=O) groups excluding carboxylic acids is 1. The molecule has 0 fully saturated rings. The third-order valence-electron chi connectivity index (χ3n) is 2.83. The van der Waals surface area contributed by atoms with Gasteiger partial charge >= 0.3 is 5.97 Å². The van der Waals surface area contributed by atoms with Crippen molar-refractivity contribution in [3.8, 4) is 0 Å². The van der Waals surface area contributed by atoms with Crippen LogP contribution in [0.25, 0.3) is 0 Å². The Hall–Kier alpha value is -2.08. The van der Waals surface area contributed by atoms with Gasteiger partial charge in [-0.1, -0.05) is 17.4 Å². The lowest BCUT2D eigenvalue weighted by atomic mass is 10.1. The van der Waals surface area contributed by atoms with Gasteiger partial charge in [0.05, 0.1) is 13.3 Å². The Kier molecular flexibility index (Phi) is 4.24. The van der Waals surface area contributed by atoms with Crippen LogP contribution in [0.1, 0.15) is 15.2 Å². The Morgan fingerprint density at radius 3 is 2.80 bits per heavy atom. The summed E-state index contributed by atoms with van der Waals surface area (Å²) in [6.45, 7) is 2.07. The molecular weight excluding hydrogens is 274 g/mol. The molecule has 0 unspecified atom stereocenters. The van der Waals surface area contributed by atoms with Gasteiger partial charge in [0.15, 0.2) is 5.13 Å². The SMILES string of the molecule is COC(=O)c1cnc(Nc2ccc(C)c(N(C)C)c2)s1. The lowest BCUT2D eigenvalue weighted by Crippen LogP contribution is -2.10. The van der Waals surface area contributed by atoms with Gasteiger partial charge in [0.25, 0.3) is 0 Å². The highest BCUT2D eigenvalue weighted by molar-refractivity contribution is 7.17. The third-order valence-corrected chi connectivity index (χ3v) is 3.73. The highest BCUT2D eigenvalue weighted by Gasteiger charge is 2.11. The van der Waals surface area contributed by atoms with Crippen molar-refractivity contribution >= 4 is 33.8 Å². The van der Waals surface area contributed by atoms with Gasteiger partial charge in [-0.05, 0) is 24.6 Å². The van der Waals surface area contributed by atoms with E-state index in [0.29, 0.717) is 10.0 Å². The van der Waals surface area contributed by atoms with Gasteiger partial charge in [-0.25, -0.2) is 9.78 Å². The van der Waals surface area contributed by atoms with Crippen LogP contribution in [0.3, 0.4) is 0 Å². The number of nitrogens with one attached hydrogen (secondary N) is 1. The Bertz CT molecular complexity index is 623. The Morgan fingerprint density at radius 1 is 1.40 bits per heavy atom. The lowest BCUT2D eigenvalue weighted by Gasteiger charge is -2.17. The summed E-state index contributed by atoms with van der Waals surface area (Å²) in [5.74, 6) is -0.367. The number of rotatable bonds is 4. The summed E-state index contributed by atoms with van der Waals surface area (Å²) in [6, 6.07) is 6.09. The van der Waals surface area contributed by atoms with Crippen LogP contribution in [0.2, 0.25) is 0 Å². The van der Waals surface area contributed by atoms with E-state index in [1.165, 1.54) is 30.2 Å². The molecule has 1 aromatic heterocycles. The van der Waals surface area contributed by atoms with Crippen LogP contribution >= 0.6 is 11.3 Å². The zero-order valence-corrected chi connectivity index (χ0v) is 12.7. The van der Waals surface area contributed by atoms with E-state index in [4.69, 9.17) is 0 Å². The first-order valence-corrected chi connectivity index (χ1v) is 6.92. The zero-order chi connectivity index (χ0) is 14.7. The summed E-state index contributed by atoms with van der Waals surface area (Å²) < 4.78 is 4.66. The molecule has 0 amide bonds. The van der Waals surface area contributed by atoms with Crippen LogP contribution in [0.5, 0.6) is 0 Å². The second-order valence-corrected chi connectivity index (χ2v) is 5.57. The number of nitrogens with zero attached hydrogens (tertiary/aromatic N) is 2. The first-order chi connectivity index (χ1) is 9.51. The van der Waals surface area contributed by atoms with Crippen molar-refractivity contribution in [2.75, 3.05) is 31.4 Å². The minimum atomic E-state index is -0.367. The largest absolute Gasteiger partial charge is 0.465 e. The molecule has 0 spiro atoms. The third kappa shape index (κ3) is 3.08. The molecule has 0 saturated heterocycles. The van der Waals surface area contributed by atoms with E-state index in [-0.39, 0.29) is 5.97 Å². The average Bonchev–Trinajstić information content (AvgIpc) is 2.88. The molecule has 2 rings (SSSR count). The average molecular weight is 291 g/mol. The van der Waals surface area contributed by atoms with Crippen molar-refractivity contribution in [3.63, 3.8) is 0 Å². The van der Waals surface area contributed by atoms with Gasteiger partial charge in [-0.15, -0.1) is 0 Å². The fraction of sp³-hybridized carbons (Fsp3) is 0.286. The molecule has 0 aliphatic carbocycles. The maximum absolute atomic E-state index is 11.4. The molecule has 0 saturated carbocycles. The molecule has 0 aliphatic heterocycles. The standard InChI is InChI=1S/C14H17N3O2S/c1-9-5-6-10(7-11(9)17(2)3)16-14-15-8-12(20-14)13(18)19-4/h5-8H,1-4H3,(H,15,16). The van der Waals surface area contributed by atoms with Crippen molar-refractivity contribution in [1.82, 2.24) is 4.98 Å². The summed E-state index contributed by atoms with van der Waals surface area (Å²) in [4.78, 5) is 18.1. The van der Waals surface area contributed by atoms with Crippen molar-refractivity contribution in [3.05, 3.63) is 34.8 Å². The topological polar surface area (TPSA) is 54.5 Å². The Balaban J connectivity index is 2.20. The highest BCUT2D eigenvalue weighted by atomic mass is 32.1. The quantitative estimate of drug-likeness (QED) is 0.877. The number of hydrogen-bond acceptors (Lipinski definition) is 6. The lowest BCUT2D eigenvalue weighted by molar-refractivity contribution is 0.0606. The summed E-state index contributed by atoms with van der Waals surface area (Å²) >= 11 is 1.27. The predicted molar refractivity (Wildman–Crippen MR) is 82.2 cm³/mol. The van der Waals surface area contributed by atoms with Gasteiger partial charge in [-0.2, -0.15) is 0 Å². The minimum absolute atomic E-state index is 0.367. The van der Waals surface area contributed by atoms with Crippen LogP contribution in [-0.2, 0) is 4.74 Å². The summed E-state index contributed by atoms with van der Waals surface area (Å²) in [5, 5.41) is 3.86. The summed E-state index contributed by atoms with van der Waals surface area (Å²) in [7, 11) is 5.37. The number of carbonyl (C=O) groups is 1. The Labute approximate surface area is 122 Å². The number of ether oxygens (including phenoxy) is 1. The normalized spacial score (nSPS) is 10.2. The van der Waals surface area contributed by atoms with E-state index in [1.54, 1.807) is 0 Å². The molecule has 1 heterocycles. The molecule has 0 aliphatic rings. The van der Waals surface area contributed by atoms with E-state index in [1.807, 2.05) is 26.2 Å². The number of aryl methyl sites for hydroxylation is 1. The molecule has 0 atom stereocenters. The number of hydrogen-bond donors (Lipinski definition) is 1. The van der Waals surface area contributed by atoms with E-state index >= 15 is 0 Å². The molecule has 20 heavy (non-hydrogen) atoms. The van der Waals surface area contributed by atoms with Crippen molar-refractivity contribution < 1.29 is 9.53 Å². The molecule has 1 N–H and O–H groups in total. The van der Waals surface area contributed by atoms with Gasteiger partial charge in [0, 0.05) is 25.5 Å². The van der Waals surface area contributed by atoms with Gasteiger partial charge in [0.1, 0.15) is 4.88 Å². The van der Waals surface area contributed by atoms with Crippen molar-refractivity contribution in [1.29, 1.82) is 0 Å². The van der Waals surface area contributed by atoms with Gasteiger partial charge in [0.2, 0.25) is 0 Å². The molecular formula is C14H17N3O2S. The van der Waals surface area contributed by atoms with Crippen LogP contribution in [0, 0.1) is 6.92 Å². The maximum atomic E-state index is 11.4. The van der Waals surface area contributed by atoms with Gasteiger partial charge in [-0.3, -0.25) is 0 Å². The summed E-state index contributed by atoms with van der Waals surface area (Å²) in [6.07, 6.45) is 1.51. The predicted octanol–water partition coefficient (Wildman–Crippen LogP) is 3.05. The smallest absolute Gasteiger partial charge is 0.349 e. The van der Waals surface area contributed by atoms with Crippen LogP contribution in [0.4, 0.5) is 16.5 Å². The van der Waals surface area contributed by atoms with Crippen LogP contribution in [-0.4, -0.2) is 32.2 Å². The molecule has 5 nitrogen and oxygen atoms in total. The van der Waals surface area contributed by atoms with Gasteiger partial charge < -0.3 is 15.0 Å². The van der Waals surface area contributed by atoms with E-state index in [0.717, 1.165) is 11.4 Å². The van der Waals surface area contributed by atoms with E-state index in [9.17, 15) is 4.79 Å². The van der Waals surface area contributed by atoms with E-state index < -0.39 is 0 Å². The second kappa shape index (κ2) is 5.92. The highest BCUT2D eigenvalue weighted by Crippen LogP contribution is 2.27. The maximum Gasteiger partial charge on any atom is 0.349 e. The number of esters is 1. The van der Waals surface area contributed by atoms with Crippen molar-refractivity contribution in [2.45, 2.75) is 6.92 Å². The molecule has 2 aromatic rings. The van der Waals surface area contributed by atoms with Crippen LogP contribution in [0.15, 0.2) is 24.4 Å². The molecule has 1 aromatic carbocycles. The number of anilines is 3. The minimum Gasteiger partial charge on any atom is -0.465 e. The molecule has 0 radical (unpaired) electrons. The van der Waals surface area contributed by atoms with Crippen molar-refractivity contribution in [2.24, 2.45) is 0 Å². The first-order valence-electron chi connectivity index (χ1n) is 6.10. The first kappa shape index (κ1) is 14.3. The monoisotopic (exact) mass is 291 g/mol. The zero-order valence-electron chi connectivity index (χ0n) is 11.9. The fourth-order valence-electron chi connectivity index (χ4n) is 1.82. The molecule has 6 heteroatoms. The fourth-order valence-corrected chi connectivity index (χ4v) is 2.57. The Morgan fingerprint density at radius 2 is 2.15 bits per heavy atom. The second-order valence-electron chi connectivity index (χ2n) is 4.54. The number of methoxy groups -OCH3 is 1. The number of thiazole rings is 1. The molecule has 0 bridgehead atoms.